The molecule has 0 spiro atoms. The zero-order valence-electron chi connectivity index (χ0n) is 9.56. The van der Waals surface area contributed by atoms with E-state index in [2.05, 4.69) is 26.8 Å². The third-order valence-electron chi connectivity index (χ3n) is 2.87. The molecule has 2 heterocycles. The maximum Gasteiger partial charge on any atom is 0.147 e. The molecule has 2 rings (SSSR count). The number of hydrogen-bond donors (Lipinski definition) is 0. The lowest BCUT2D eigenvalue weighted by molar-refractivity contribution is 0.266. The van der Waals surface area contributed by atoms with Crippen molar-refractivity contribution in [3.63, 3.8) is 0 Å². The Kier molecular flexibility index (Phi) is 4.09. The molecule has 16 heavy (non-hydrogen) atoms. The summed E-state index contributed by atoms with van der Waals surface area (Å²) >= 11 is 5.71. The van der Waals surface area contributed by atoms with E-state index in [1.54, 1.807) is 12.4 Å². The first-order valence-corrected chi connectivity index (χ1v) is 5.99. The molecule has 0 aromatic carbocycles. The van der Waals surface area contributed by atoms with Gasteiger partial charge in [0.25, 0.3) is 0 Å². The highest BCUT2D eigenvalue weighted by Gasteiger charge is 2.12. The van der Waals surface area contributed by atoms with E-state index in [1.807, 2.05) is 0 Å². The number of likely N-dealkylation sites (N-methyl/N-ethyl adjacent to an activating group) is 1. The molecule has 0 saturated carbocycles. The Morgan fingerprint density at radius 2 is 2.06 bits per heavy atom. The molecular weight excluding hydrogens is 224 g/mol. The lowest BCUT2D eigenvalue weighted by Gasteiger charge is -2.19. The number of halogens is 1. The first kappa shape index (κ1) is 11.8. The molecule has 0 bridgehead atoms. The maximum atomic E-state index is 5.71. The Morgan fingerprint density at radius 3 is 2.81 bits per heavy atom. The van der Waals surface area contributed by atoms with Crippen LogP contribution in [0, 0.1) is 0 Å². The van der Waals surface area contributed by atoms with Gasteiger partial charge in [-0.2, -0.15) is 0 Å². The predicted octanol–water partition coefficient (Wildman–Crippen LogP) is 1.27. The van der Waals surface area contributed by atoms with Crippen molar-refractivity contribution in [2.45, 2.75) is 13.0 Å². The minimum Gasteiger partial charge on any atom is -0.305 e. The van der Waals surface area contributed by atoms with Crippen molar-refractivity contribution in [2.24, 2.45) is 0 Å². The van der Waals surface area contributed by atoms with Gasteiger partial charge >= 0.3 is 0 Å². The van der Waals surface area contributed by atoms with Crippen LogP contribution in [0.3, 0.4) is 0 Å². The van der Waals surface area contributed by atoms with Crippen LogP contribution in [0.2, 0.25) is 5.15 Å². The summed E-state index contributed by atoms with van der Waals surface area (Å²) in [5, 5.41) is 0.458. The minimum absolute atomic E-state index is 0.458. The third-order valence-corrected chi connectivity index (χ3v) is 3.07. The predicted molar refractivity (Wildman–Crippen MR) is 64.4 cm³/mol. The molecule has 1 aliphatic heterocycles. The fourth-order valence-electron chi connectivity index (χ4n) is 1.91. The Balaban J connectivity index is 1.91. The van der Waals surface area contributed by atoms with Gasteiger partial charge < -0.3 is 4.90 Å². The van der Waals surface area contributed by atoms with Crippen LogP contribution in [0.25, 0.3) is 0 Å². The minimum atomic E-state index is 0.458. The summed E-state index contributed by atoms with van der Waals surface area (Å²) in [7, 11) is 2.17. The fourth-order valence-corrected chi connectivity index (χ4v) is 2.01. The molecule has 0 N–H and O–H groups in total. The van der Waals surface area contributed by atoms with E-state index in [1.165, 1.54) is 13.0 Å². The Bertz CT molecular complexity index is 327. The molecule has 1 aliphatic rings. The van der Waals surface area contributed by atoms with E-state index in [0.717, 1.165) is 31.9 Å². The van der Waals surface area contributed by atoms with Crippen molar-refractivity contribution < 1.29 is 0 Å². The van der Waals surface area contributed by atoms with E-state index in [9.17, 15) is 0 Å². The largest absolute Gasteiger partial charge is 0.305 e. The summed E-state index contributed by atoms with van der Waals surface area (Å²) in [4.78, 5) is 13.1. The third kappa shape index (κ3) is 3.40. The van der Waals surface area contributed by atoms with Crippen molar-refractivity contribution in [1.29, 1.82) is 0 Å². The van der Waals surface area contributed by atoms with Gasteiger partial charge in [-0.25, -0.2) is 4.98 Å². The van der Waals surface area contributed by atoms with Crippen LogP contribution >= 0.6 is 11.6 Å². The average Bonchev–Trinajstić information content (AvgIpc) is 2.47. The quantitative estimate of drug-likeness (QED) is 0.780. The zero-order valence-corrected chi connectivity index (χ0v) is 10.3. The van der Waals surface area contributed by atoms with E-state index < -0.39 is 0 Å². The summed E-state index contributed by atoms with van der Waals surface area (Å²) in [6.07, 6.45) is 4.59. The van der Waals surface area contributed by atoms with Gasteiger partial charge in [0.15, 0.2) is 0 Å². The zero-order chi connectivity index (χ0) is 11.4. The average molecular weight is 241 g/mol. The summed E-state index contributed by atoms with van der Waals surface area (Å²) in [5.74, 6) is 0. The first-order chi connectivity index (χ1) is 7.74. The molecular formula is C11H17ClN4. The molecule has 5 heteroatoms. The SMILES string of the molecule is CN1CCCN(Cc2cnc(Cl)cn2)CC1. The second-order valence-corrected chi connectivity index (χ2v) is 4.65. The van der Waals surface area contributed by atoms with Gasteiger partial charge in [-0.1, -0.05) is 11.6 Å². The Morgan fingerprint density at radius 1 is 1.19 bits per heavy atom. The second-order valence-electron chi connectivity index (χ2n) is 4.26. The van der Waals surface area contributed by atoms with Crippen molar-refractivity contribution in [1.82, 2.24) is 19.8 Å². The van der Waals surface area contributed by atoms with Gasteiger partial charge in [-0.3, -0.25) is 9.88 Å². The van der Waals surface area contributed by atoms with Gasteiger partial charge in [0.1, 0.15) is 5.15 Å². The molecule has 0 radical (unpaired) electrons. The monoisotopic (exact) mass is 240 g/mol. The highest BCUT2D eigenvalue weighted by atomic mass is 35.5. The molecule has 1 saturated heterocycles. The number of hydrogen-bond acceptors (Lipinski definition) is 4. The number of rotatable bonds is 2. The van der Waals surface area contributed by atoms with E-state index >= 15 is 0 Å². The molecule has 0 atom stereocenters. The van der Waals surface area contributed by atoms with Crippen LogP contribution < -0.4 is 0 Å². The molecule has 0 aliphatic carbocycles. The van der Waals surface area contributed by atoms with Crippen LogP contribution in [0.5, 0.6) is 0 Å². The molecule has 1 aromatic rings. The van der Waals surface area contributed by atoms with Gasteiger partial charge in [0, 0.05) is 19.6 Å². The first-order valence-electron chi connectivity index (χ1n) is 5.61. The summed E-state index contributed by atoms with van der Waals surface area (Å²) in [5.41, 5.74) is 0.994. The molecule has 1 aromatic heterocycles. The summed E-state index contributed by atoms with van der Waals surface area (Å²) < 4.78 is 0. The van der Waals surface area contributed by atoms with E-state index in [0.29, 0.717) is 5.15 Å². The van der Waals surface area contributed by atoms with Crippen molar-refractivity contribution in [2.75, 3.05) is 33.2 Å². The van der Waals surface area contributed by atoms with Gasteiger partial charge in [0.05, 0.1) is 18.1 Å². The normalized spacial score (nSPS) is 19.6. The van der Waals surface area contributed by atoms with Gasteiger partial charge in [-0.15, -0.1) is 0 Å². The summed E-state index contributed by atoms with van der Waals surface area (Å²) in [6.45, 7) is 5.41. The lowest BCUT2D eigenvalue weighted by atomic mass is 10.3. The highest BCUT2D eigenvalue weighted by molar-refractivity contribution is 6.29. The fraction of sp³-hybridized carbons (Fsp3) is 0.636. The Labute approximate surface area is 101 Å². The standard InChI is InChI=1S/C11H17ClN4/c1-15-3-2-4-16(6-5-15)9-10-7-14-11(12)8-13-10/h7-8H,2-6,9H2,1H3. The van der Waals surface area contributed by atoms with Gasteiger partial charge in [0.2, 0.25) is 0 Å². The van der Waals surface area contributed by atoms with Crippen LogP contribution in [0.1, 0.15) is 12.1 Å². The maximum absolute atomic E-state index is 5.71. The summed E-state index contributed by atoms with van der Waals surface area (Å²) in [6, 6.07) is 0. The molecule has 88 valence electrons. The number of nitrogens with zero attached hydrogens (tertiary/aromatic N) is 4. The van der Waals surface area contributed by atoms with Gasteiger partial charge in [-0.05, 0) is 26.6 Å². The van der Waals surface area contributed by atoms with Crippen LogP contribution in [-0.4, -0.2) is 53.0 Å². The van der Waals surface area contributed by atoms with Crippen LogP contribution in [0.15, 0.2) is 12.4 Å². The molecule has 4 nitrogen and oxygen atoms in total. The van der Waals surface area contributed by atoms with Crippen molar-refractivity contribution in [3.8, 4) is 0 Å². The van der Waals surface area contributed by atoms with E-state index in [4.69, 9.17) is 11.6 Å². The van der Waals surface area contributed by atoms with Crippen LogP contribution in [-0.2, 0) is 6.54 Å². The molecule has 0 amide bonds. The van der Waals surface area contributed by atoms with Crippen molar-refractivity contribution in [3.05, 3.63) is 23.2 Å². The molecule has 1 fully saturated rings. The Hall–Kier alpha value is -0.710. The number of aromatic nitrogens is 2. The highest BCUT2D eigenvalue weighted by Crippen LogP contribution is 2.07. The van der Waals surface area contributed by atoms with Crippen molar-refractivity contribution >= 4 is 11.6 Å². The topological polar surface area (TPSA) is 32.3 Å². The second kappa shape index (κ2) is 5.57. The van der Waals surface area contributed by atoms with E-state index in [-0.39, 0.29) is 0 Å². The lowest BCUT2D eigenvalue weighted by Crippen LogP contribution is -2.28. The van der Waals surface area contributed by atoms with Crippen LogP contribution in [0.4, 0.5) is 0 Å². The smallest absolute Gasteiger partial charge is 0.147 e. The molecule has 0 unspecified atom stereocenters.